The van der Waals surface area contributed by atoms with E-state index in [0.29, 0.717) is 12.6 Å². The smallest absolute Gasteiger partial charge is 0.232 e. The van der Waals surface area contributed by atoms with Crippen molar-refractivity contribution >= 4 is 11.9 Å². The monoisotopic (exact) mass is 195 g/mol. The Labute approximate surface area is 81.9 Å². The van der Waals surface area contributed by atoms with Gasteiger partial charge in [0.1, 0.15) is 0 Å². The zero-order chi connectivity index (χ0) is 9.97. The highest BCUT2D eigenvalue weighted by atomic mass is 16.5. The van der Waals surface area contributed by atoms with Crippen LogP contribution in [0.2, 0.25) is 0 Å². The van der Waals surface area contributed by atoms with Gasteiger partial charge in [0.25, 0.3) is 0 Å². The van der Waals surface area contributed by atoms with Crippen LogP contribution in [-0.2, 0) is 9.53 Å². The topological polar surface area (TPSA) is 67.0 Å². The Kier molecular flexibility index (Phi) is 2.49. The summed E-state index contributed by atoms with van der Waals surface area (Å²) in [7, 11) is 0. The second-order valence-electron chi connectivity index (χ2n) is 3.50. The summed E-state index contributed by atoms with van der Waals surface area (Å²) in [6, 6.07) is 0. The summed E-state index contributed by atoms with van der Waals surface area (Å²) in [5.41, 5.74) is 0. The van der Waals surface area contributed by atoms with Crippen LogP contribution < -0.4 is 5.32 Å². The number of anilines is 1. The van der Waals surface area contributed by atoms with Gasteiger partial charge in [0, 0.05) is 12.4 Å². The quantitative estimate of drug-likeness (QED) is 0.732. The van der Waals surface area contributed by atoms with Crippen molar-refractivity contribution in [2.24, 2.45) is 5.92 Å². The van der Waals surface area contributed by atoms with E-state index in [1.54, 1.807) is 12.4 Å². The van der Waals surface area contributed by atoms with Crippen LogP contribution in [0.15, 0.2) is 12.4 Å². The van der Waals surface area contributed by atoms with Crippen molar-refractivity contribution in [3.63, 3.8) is 0 Å². The number of ether oxygens (including phenoxy) is 1. The minimum Gasteiger partial charge on any atom is -0.378 e. The van der Waals surface area contributed by atoms with Gasteiger partial charge in [-0.25, -0.2) is 4.98 Å². The van der Waals surface area contributed by atoms with Gasteiger partial charge in [0.2, 0.25) is 11.9 Å². The Morgan fingerprint density at radius 1 is 1.79 bits per heavy atom. The number of amides is 1. The molecule has 0 saturated carbocycles. The molecule has 1 amide bonds. The minimum atomic E-state index is -0.0462. The molecule has 1 aliphatic heterocycles. The standard InChI is InChI=1S/C9H13N3O2/c1-6-4-7(5-14-6)8(13)12-9-10-2-3-11-9/h2-3,6-7H,4-5H2,1H3,(H2,10,11,12,13). The molecule has 1 saturated heterocycles. The zero-order valence-electron chi connectivity index (χ0n) is 7.99. The number of carbonyl (C=O) groups excluding carboxylic acids is 1. The van der Waals surface area contributed by atoms with Crippen molar-refractivity contribution in [1.82, 2.24) is 9.97 Å². The molecule has 1 fully saturated rings. The number of nitrogens with zero attached hydrogens (tertiary/aromatic N) is 1. The zero-order valence-corrected chi connectivity index (χ0v) is 7.99. The number of hydrogen-bond donors (Lipinski definition) is 2. The van der Waals surface area contributed by atoms with E-state index in [0.717, 1.165) is 6.42 Å². The highest BCUT2D eigenvalue weighted by molar-refractivity contribution is 5.91. The van der Waals surface area contributed by atoms with E-state index >= 15 is 0 Å². The van der Waals surface area contributed by atoms with Crippen molar-refractivity contribution in [3.8, 4) is 0 Å². The van der Waals surface area contributed by atoms with Crippen LogP contribution >= 0.6 is 0 Å². The molecule has 0 radical (unpaired) electrons. The Balaban J connectivity index is 1.90. The molecular formula is C9H13N3O2. The summed E-state index contributed by atoms with van der Waals surface area (Å²) in [4.78, 5) is 18.3. The fourth-order valence-electron chi connectivity index (χ4n) is 1.55. The van der Waals surface area contributed by atoms with Gasteiger partial charge in [-0.05, 0) is 13.3 Å². The molecule has 2 heterocycles. The molecule has 2 unspecified atom stereocenters. The lowest BCUT2D eigenvalue weighted by Gasteiger charge is -2.06. The first-order chi connectivity index (χ1) is 6.75. The average molecular weight is 195 g/mol. The predicted molar refractivity (Wildman–Crippen MR) is 50.7 cm³/mol. The van der Waals surface area contributed by atoms with E-state index in [1.165, 1.54) is 0 Å². The molecule has 1 aromatic heterocycles. The van der Waals surface area contributed by atoms with Gasteiger partial charge in [-0.3, -0.25) is 10.1 Å². The van der Waals surface area contributed by atoms with Crippen LogP contribution in [0, 0.1) is 5.92 Å². The van der Waals surface area contributed by atoms with E-state index < -0.39 is 0 Å². The molecule has 2 rings (SSSR count). The third kappa shape index (κ3) is 1.93. The van der Waals surface area contributed by atoms with E-state index in [9.17, 15) is 4.79 Å². The van der Waals surface area contributed by atoms with Crippen LogP contribution in [0.4, 0.5) is 5.95 Å². The van der Waals surface area contributed by atoms with Gasteiger partial charge in [-0.2, -0.15) is 0 Å². The van der Waals surface area contributed by atoms with E-state index in [1.807, 2.05) is 6.92 Å². The predicted octanol–water partition coefficient (Wildman–Crippen LogP) is 0.773. The van der Waals surface area contributed by atoms with Crippen molar-refractivity contribution in [3.05, 3.63) is 12.4 Å². The van der Waals surface area contributed by atoms with Gasteiger partial charge >= 0.3 is 0 Å². The van der Waals surface area contributed by atoms with Crippen LogP contribution in [0.3, 0.4) is 0 Å². The molecular weight excluding hydrogens is 182 g/mol. The molecule has 1 aromatic rings. The summed E-state index contributed by atoms with van der Waals surface area (Å²) in [6.07, 6.45) is 4.24. The molecule has 0 aliphatic carbocycles. The van der Waals surface area contributed by atoms with Gasteiger partial charge in [-0.15, -0.1) is 0 Å². The maximum Gasteiger partial charge on any atom is 0.232 e. The maximum absolute atomic E-state index is 11.6. The highest BCUT2D eigenvalue weighted by Crippen LogP contribution is 2.19. The molecule has 0 aromatic carbocycles. The van der Waals surface area contributed by atoms with E-state index in [4.69, 9.17) is 4.74 Å². The lowest BCUT2D eigenvalue weighted by atomic mass is 10.1. The van der Waals surface area contributed by atoms with E-state index in [-0.39, 0.29) is 17.9 Å². The van der Waals surface area contributed by atoms with Crippen LogP contribution in [-0.4, -0.2) is 28.6 Å². The highest BCUT2D eigenvalue weighted by Gasteiger charge is 2.28. The summed E-state index contributed by atoms with van der Waals surface area (Å²) >= 11 is 0. The van der Waals surface area contributed by atoms with E-state index in [2.05, 4.69) is 15.3 Å². The minimum absolute atomic E-state index is 0.0238. The summed E-state index contributed by atoms with van der Waals surface area (Å²) in [5, 5.41) is 2.70. The molecule has 0 bridgehead atoms. The molecule has 0 spiro atoms. The first-order valence-corrected chi connectivity index (χ1v) is 4.67. The number of aromatic amines is 1. The molecule has 5 nitrogen and oxygen atoms in total. The van der Waals surface area contributed by atoms with Gasteiger partial charge in [0.15, 0.2) is 0 Å². The molecule has 5 heteroatoms. The maximum atomic E-state index is 11.6. The van der Waals surface area contributed by atoms with Crippen molar-refractivity contribution in [1.29, 1.82) is 0 Å². The average Bonchev–Trinajstić information content (AvgIpc) is 2.75. The fraction of sp³-hybridized carbons (Fsp3) is 0.556. The third-order valence-electron chi connectivity index (χ3n) is 2.31. The van der Waals surface area contributed by atoms with Crippen LogP contribution in [0.1, 0.15) is 13.3 Å². The van der Waals surface area contributed by atoms with Gasteiger partial charge < -0.3 is 9.72 Å². The number of imidazole rings is 1. The van der Waals surface area contributed by atoms with Crippen molar-refractivity contribution in [2.75, 3.05) is 11.9 Å². The Morgan fingerprint density at radius 3 is 3.21 bits per heavy atom. The number of rotatable bonds is 2. The number of carbonyl (C=O) groups is 1. The first kappa shape index (κ1) is 9.21. The fourth-order valence-corrected chi connectivity index (χ4v) is 1.55. The molecule has 1 aliphatic rings. The van der Waals surface area contributed by atoms with Crippen molar-refractivity contribution in [2.45, 2.75) is 19.4 Å². The van der Waals surface area contributed by atoms with Gasteiger partial charge in [0.05, 0.1) is 18.6 Å². The normalized spacial score (nSPS) is 26.4. The lowest BCUT2D eigenvalue weighted by molar-refractivity contribution is -0.119. The Hall–Kier alpha value is -1.36. The van der Waals surface area contributed by atoms with Crippen molar-refractivity contribution < 1.29 is 9.53 Å². The summed E-state index contributed by atoms with van der Waals surface area (Å²) in [5.74, 6) is 0.425. The van der Waals surface area contributed by atoms with Crippen LogP contribution in [0.5, 0.6) is 0 Å². The second kappa shape index (κ2) is 3.79. The molecule has 14 heavy (non-hydrogen) atoms. The lowest BCUT2D eigenvalue weighted by Crippen LogP contribution is -2.23. The largest absolute Gasteiger partial charge is 0.378 e. The second-order valence-corrected chi connectivity index (χ2v) is 3.50. The Bertz CT molecular complexity index is 310. The summed E-state index contributed by atoms with van der Waals surface area (Å²) in [6.45, 7) is 2.48. The molecule has 2 N–H and O–H groups in total. The van der Waals surface area contributed by atoms with Crippen LogP contribution in [0.25, 0.3) is 0 Å². The number of nitrogens with one attached hydrogen (secondary N) is 2. The summed E-state index contributed by atoms with van der Waals surface area (Å²) < 4.78 is 5.31. The SMILES string of the molecule is CC1CC(C(=O)Nc2ncc[nH]2)CO1. The number of H-pyrrole nitrogens is 1. The molecule has 76 valence electrons. The third-order valence-corrected chi connectivity index (χ3v) is 2.31. The number of aromatic nitrogens is 2. The molecule has 2 atom stereocenters. The van der Waals surface area contributed by atoms with Gasteiger partial charge in [-0.1, -0.05) is 0 Å². The first-order valence-electron chi connectivity index (χ1n) is 4.67. The number of hydrogen-bond acceptors (Lipinski definition) is 3. The Morgan fingerprint density at radius 2 is 2.64 bits per heavy atom.